The second kappa shape index (κ2) is 10.4. The van der Waals surface area contributed by atoms with Crippen LogP contribution in [0.2, 0.25) is 0 Å². The van der Waals surface area contributed by atoms with Crippen LogP contribution in [0, 0.1) is 11.3 Å². The van der Waals surface area contributed by atoms with Crippen molar-refractivity contribution in [3.63, 3.8) is 0 Å². The molecule has 0 saturated heterocycles. The zero-order valence-electron chi connectivity index (χ0n) is 19.9. The summed E-state index contributed by atoms with van der Waals surface area (Å²) in [5.41, 5.74) is 3.69. The quantitative estimate of drug-likeness (QED) is 0.359. The fraction of sp³-hybridized carbons (Fsp3) is 0.357. The lowest BCUT2D eigenvalue weighted by Gasteiger charge is -2.33. The van der Waals surface area contributed by atoms with Gasteiger partial charge >= 0.3 is 0 Å². The highest BCUT2D eigenvalue weighted by molar-refractivity contribution is 9.10. The normalized spacial score (nSPS) is 15.5. The minimum atomic E-state index is -0.211. The first-order chi connectivity index (χ1) is 16.2. The Morgan fingerprint density at radius 1 is 1.03 bits per heavy atom. The van der Waals surface area contributed by atoms with Crippen molar-refractivity contribution in [2.24, 2.45) is 11.3 Å². The van der Waals surface area contributed by atoms with Crippen molar-refractivity contribution in [2.45, 2.75) is 46.5 Å². The molecule has 1 unspecified atom stereocenters. The molecule has 34 heavy (non-hydrogen) atoms. The third-order valence-corrected chi connectivity index (χ3v) is 8.47. The molecule has 2 amide bonds. The lowest BCUT2D eigenvalue weighted by atomic mass is 9.72. The largest absolute Gasteiger partial charge is 0.352 e. The van der Waals surface area contributed by atoms with E-state index < -0.39 is 0 Å². The van der Waals surface area contributed by atoms with Gasteiger partial charge in [-0.1, -0.05) is 63.2 Å². The van der Waals surface area contributed by atoms with Crippen LogP contribution in [-0.2, 0) is 19.3 Å². The standard InChI is InChI=1S/C28H31BrN2O2S/c1-28(2,3)19-13-14-21-23(17-19)34-27(31-25(32)20-11-7-8-12-22(20)29)24(21)26(33)30-16-15-18-9-5-4-6-10-18/h4-12,19H,13-17H2,1-3H3,(H,30,33)(H,31,32). The second-order valence-electron chi connectivity index (χ2n) is 9.94. The van der Waals surface area contributed by atoms with E-state index in [1.54, 1.807) is 17.4 Å². The molecule has 1 heterocycles. The van der Waals surface area contributed by atoms with Gasteiger partial charge in [0.2, 0.25) is 0 Å². The van der Waals surface area contributed by atoms with Gasteiger partial charge in [-0.3, -0.25) is 9.59 Å². The molecule has 1 atom stereocenters. The van der Waals surface area contributed by atoms with Crippen LogP contribution in [0.1, 0.15) is 63.9 Å². The first-order valence-corrected chi connectivity index (χ1v) is 13.4. The van der Waals surface area contributed by atoms with E-state index in [1.807, 2.05) is 36.4 Å². The van der Waals surface area contributed by atoms with Crippen molar-refractivity contribution >= 4 is 44.1 Å². The van der Waals surface area contributed by atoms with Crippen molar-refractivity contribution in [3.05, 3.63) is 86.2 Å². The number of nitrogens with one attached hydrogen (secondary N) is 2. The molecule has 4 rings (SSSR count). The van der Waals surface area contributed by atoms with Crippen molar-refractivity contribution in [1.82, 2.24) is 5.32 Å². The lowest BCUT2D eigenvalue weighted by molar-refractivity contribution is 0.0954. The maximum atomic E-state index is 13.4. The SMILES string of the molecule is CC(C)(C)C1CCc2c(sc(NC(=O)c3ccccc3Br)c2C(=O)NCCc2ccccc2)C1. The number of hydrogen-bond acceptors (Lipinski definition) is 3. The van der Waals surface area contributed by atoms with E-state index >= 15 is 0 Å². The van der Waals surface area contributed by atoms with Crippen LogP contribution in [0.3, 0.4) is 0 Å². The number of carbonyl (C=O) groups excluding carboxylic acids is 2. The van der Waals surface area contributed by atoms with Gasteiger partial charge in [0, 0.05) is 15.9 Å². The van der Waals surface area contributed by atoms with Crippen molar-refractivity contribution in [3.8, 4) is 0 Å². The smallest absolute Gasteiger partial charge is 0.257 e. The molecule has 1 aliphatic carbocycles. The van der Waals surface area contributed by atoms with Gasteiger partial charge in [0.1, 0.15) is 5.00 Å². The van der Waals surface area contributed by atoms with E-state index in [9.17, 15) is 9.59 Å². The molecule has 4 nitrogen and oxygen atoms in total. The maximum Gasteiger partial charge on any atom is 0.257 e. The maximum absolute atomic E-state index is 13.4. The predicted molar refractivity (Wildman–Crippen MR) is 144 cm³/mol. The van der Waals surface area contributed by atoms with Gasteiger partial charge < -0.3 is 10.6 Å². The van der Waals surface area contributed by atoms with Crippen molar-refractivity contribution in [1.29, 1.82) is 0 Å². The Kier molecular flexibility index (Phi) is 7.58. The number of halogens is 1. The zero-order chi connectivity index (χ0) is 24.3. The van der Waals surface area contributed by atoms with Gasteiger partial charge in [0.25, 0.3) is 11.8 Å². The summed E-state index contributed by atoms with van der Waals surface area (Å²) in [7, 11) is 0. The number of anilines is 1. The van der Waals surface area contributed by atoms with E-state index in [0.717, 1.165) is 35.7 Å². The molecule has 1 aliphatic rings. The number of benzene rings is 2. The average molecular weight is 540 g/mol. The van der Waals surface area contributed by atoms with Gasteiger partial charge in [-0.2, -0.15) is 0 Å². The first-order valence-electron chi connectivity index (χ1n) is 11.8. The molecular weight excluding hydrogens is 508 g/mol. The monoisotopic (exact) mass is 538 g/mol. The second-order valence-corrected chi connectivity index (χ2v) is 11.9. The highest BCUT2D eigenvalue weighted by Gasteiger charge is 2.34. The number of fused-ring (bicyclic) bond motifs is 1. The van der Waals surface area contributed by atoms with Crippen LogP contribution >= 0.6 is 27.3 Å². The van der Waals surface area contributed by atoms with Gasteiger partial charge in [-0.15, -0.1) is 11.3 Å². The van der Waals surface area contributed by atoms with Gasteiger partial charge in [-0.25, -0.2) is 0 Å². The molecule has 0 fully saturated rings. The summed E-state index contributed by atoms with van der Waals surface area (Å²) in [6.45, 7) is 7.39. The van der Waals surface area contributed by atoms with Crippen LogP contribution in [0.4, 0.5) is 5.00 Å². The Morgan fingerprint density at radius 2 is 1.74 bits per heavy atom. The molecular formula is C28H31BrN2O2S. The van der Waals surface area contributed by atoms with Crippen LogP contribution < -0.4 is 10.6 Å². The molecule has 0 bridgehead atoms. The van der Waals surface area contributed by atoms with Crippen molar-refractivity contribution < 1.29 is 9.59 Å². The van der Waals surface area contributed by atoms with Crippen LogP contribution in [-0.4, -0.2) is 18.4 Å². The molecule has 3 aromatic rings. The van der Waals surface area contributed by atoms with E-state index in [4.69, 9.17) is 0 Å². The Labute approximate surface area is 214 Å². The molecule has 6 heteroatoms. The summed E-state index contributed by atoms with van der Waals surface area (Å²) in [6.07, 6.45) is 3.62. The number of carbonyl (C=O) groups is 2. The minimum absolute atomic E-state index is 0.106. The lowest BCUT2D eigenvalue weighted by Crippen LogP contribution is -2.29. The summed E-state index contributed by atoms with van der Waals surface area (Å²) in [4.78, 5) is 27.7. The molecule has 2 N–H and O–H groups in total. The molecule has 0 saturated carbocycles. The summed E-state index contributed by atoms with van der Waals surface area (Å²) in [6, 6.07) is 17.5. The van der Waals surface area contributed by atoms with Gasteiger partial charge in [-0.05, 0) is 76.2 Å². The topological polar surface area (TPSA) is 58.2 Å². The summed E-state index contributed by atoms with van der Waals surface area (Å²) in [5, 5.41) is 6.80. The highest BCUT2D eigenvalue weighted by Crippen LogP contribution is 2.44. The summed E-state index contributed by atoms with van der Waals surface area (Å²) >= 11 is 5.02. The zero-order valence-corrected chi connectivity index (χ0v) is 22.3. The Hall–Kier alpha value is -2.44. The Balaban J connectivity index is 1.59. The molecule has 2 aromatic carbocycles. The van der Waals surface area contributed by atoms with E-state index in [0.29, 0.717) is 28.6 Å². The number of thiophene rings is 1. The first kappa shape index (κ1) is 24.7. The molecule has 178 valence electrons. The van der Waals surface area contributed by atoms with Crippen LogP contribution in [0.5, 0.6) is 0 Å². The number of amides is 2. The third kappa shape index (κ3) is 5.61. The number of hydrogen-bond donors (Lipinski definition) is 2. The molecule has 0 radical (unpaired) electrons. The molecule has 1 aromatic heterocycles. The molecule has 0 spiro atoms. The van der Waals surface area contributed by atoms with Crippen molar-refractivity contribution in [2.75, 3.05) is 11.9 Å². The Bertz CT molecular complexity index is 1180. The van der Waals surface area contributed by atoms with Crippen LogP contribution in [0.15, 0.2) is 59.1 Å². The molecule has 0 aliphatic heterocycles. The van der Waals surface area contributed by atoms with Gasteiger partial charge in [0.15, 0.2) is 0 Å². The third-order valence-electron chi connectivity index (χ3n) is 6.60. The fourth-order valence-corrected chi connectivity index (χ4v) is 6.31. The van der Waals surface area contributed by atoms with Crippen LogP contribution in [0.25, 0.3) is 0 Å². The van der Waals surface area contributed by atoms with E-state index in [-0.39, 0.29) is 17.2 Å². The van der Waals surface area contributed by atoms with E-state index in [1.165, 1.54) is 10.4 Å². The predicted octanol–water partition coefficient (Wildman–Crippen LogP) is 6.89. The highest BCUT2D eigenvalue weighted by atomic mass is 79.9. The summed E-state index contributed by atoms with van der Waals surface area (Å²) in [5.74, 6) is 0.237. The summed E-state index contributed by atoms with van der Waals surface area (Å²) < 4.78 is 0.732. The Morgan fingerprint density at radius 3 is 2.44 bits per heavy atom. The van der Waals surface area contributed by atoms with E-state index in [2.05, 4.69) is 59.5 Å². The fourth-order valence-electron chi connectivity index (χ4n) is 4.52. The number of rotatable bonds is 6. The van der Waals surface area contributed by atoms with Gasteiger partial charge in [0.05, 0.1) is 11.1 Å². The minimum Gasteiger partial charge on any atom is -0.352 e. The average Bonchev–Trinajstić information content (AvgIpc) is 3.16.